The lowest BCUT2D eigenvalue weighted by molar-refractivity contribution is -0.142. The van der Waals surface area contributed by atoms with E-state index in [0.717, 1.165) is 19.3 Å². The molecule has 1 fully saturated rings. The van der Waals surface area contributed by atoms with Crippen LogP contribution < -0.4 is 5.32 Å². The van der Waals surface area contributed by atoms with Crippen LogP contribution in [0.5, 0.6) is 0 Å². The molecule has 0 spiro atoms. The second kappa shape index (κ2) is 7.87. The maximum absolute atomic E-state index is 12.0. The van der Waals surface area contributed by atoms with E-state index in [1.165, 1.54) is 6.92 Å². The zero-order valence-corrected chi connectivity index (χ0v) is 12.2. The highest BCUT2D eigenvalue weighted by atomic mass is 16.4. The molecule has 2 N–H and O–H groups in total. The number of carbonyl (C=O) groups excluding carboxylic acids is 2. The second-order valence-corrected chi connectivity index (χ2v) is 5.51. The van der Waals surface area contributed by atoms with Crippen LogP contribution in [0.4, 0.5) is 0 Å². The van der Waals surface area contributed by atoms with Gasteiger partial charge in [-0.05, 0) is 18.8 Å². The van der Waals surface area contributed by atoms with E-state index >= 15 is 0 Å². The number of hydrogen-bond donors (Lipinski definition) is 2. The SMILES string of the molecule is CC(=O)NCCCCCC(=O)N1C[C@@H](C)[C@H](C(=O)O)C1. The maximum Gasteiger partial charge on any atom is 0.308 e. The number of nitrogens with one attached hydrogen (secondary N) is 1. The summed E-state index contributed by atoms with van der Waals surface area (Å²) in [7, 11) is 0. The molecule has 0 aliphatic carbocycles. The molecular weight excluding hydrogens is 260 g/mol. The number of nitrogens with zero attached hydrogens (tertiary/aromatic N) is 1. The number of aliphatic carboxylic acids is 1. The summed E-state index contributed by atoms with van der Waals surface area (Å²) in [6.07, 6.45) is 2.99. The fourth-order valence-electron chi connectivity index (χ4n) is 2.49. The second-order valence-electron chi connectivity index (χ2n) is 5.51. The van der Waals surface area contributed by atoms with Gasteiger partial charge in [0.15, 0.2) is 0 Å². The molecule has 2 amide bonds. The quantitative estimate of drug-likeness (QED) is 0.679. The van der Waals surface area contributed by atoms with E-state index in [1.807, 2.05) is 6.92 Å². The van der Waals surface area contributed by atoms with Gasteiger partial charge in [-0.25, -0.2) is 0 Å². The van der Waals surface area contributed by atoms with Gasteiger partial charge in [0, 0.05) is 33.0 Å². The molecule has 0 aromatic heterocycles. The fraction of sp³-hybridized carbons (Fsp3) is 0.786. The average Bonchev–Trinajstić information content (AvgIpc) is 2.75. The van der Waals surface area contributed by atoms with Crippen molar-refractivity contribution in [1.29, 1.82) is 0 Å². The van der Waals surface area contributed by atoms with Gasteiger partial charge in [0.1, 0.15) is 0 Å². The normalized spacial score (nSPS) is 21.8. The predicted octanol–water partition coefficient (Wildman–Crippen LogP) is 0.862. The largest absolute Gasteiger partial charge is 0.481 e. The summed E-state index contributed by atoms with van der Waals surface area (Å²) < 4.78 is 0. The third-order valence-corrected chi connectivity index (χ3v) is 3.72. The number of unbranched alkanes of at least 4 members (excludes halogenated alkanes) is 2. The van der Waals surface area contributed by atoms with Crippen LogP contribution in [-0.4, -0.2) is 47.4 Å². The Kier molecular flexibility index (Phi) is 6.48. The van der Waals surface area contributed by atoms with Crippen molar-refractivity contribution in [2.75, 3.05) is 19.6 Å². The molecule has 6 nitrogen and oxygen atoms in total. The van der Waals surface area contributed by atoms with Gasteiger partial charge in [0.05, 0.1) is 5.92 Å². The lowest BCUT2D eigenvalue weighted by atomic mass is 9.99. The molecule has 1 rings (SSSR count). The Morgan fingerprint density at radius 2 is 1.90 bits per heavy atom. The van der Waals surface area contributed by atoms with Crippen molar-refractivity contribution in [2.24, 2.45) is 11.8 Å². The van der Waals surface area contributed by atoms with E-state index in [-0.39, 0.29) is 17.7 Å². The van der Waals surface area contributed by atoms with Gasteiger partial charge in [0.25, 0.3) is 0 Å². The molecule has 0 radical (unpaired) electrons. The van der Waals surface area contributed by atoms with Crippen LogP contribution in [0.2, 0.25) is 0 Å². The zero-order valence-electron chi connectivity index (χ0n) is 12.2. The number of amides is 2. The van der Waals surface area contributed by atoms with Gasteiger partial charge in [-0.1, -0.05) is 13.3 Å². The maximum atomic E-state index is 12.0. The van der Waals surface area contributed by atoms with E-state index in [9.17, 15) is 14.4 Å². The van der Waals surface area contributed by atoms with E-state index in [0.29, 0.717) is 26.1 Å². The summed E-state index contributed by atoms with van der Waals surface area (Å²) in [4.78, 5) is 35.3. The van der Waals surface area contributed by atoms with Crippen molar-refractivity contribution in [3.63, 3.8) is 0 Å². The predicted molar refractivity (Wildman–Crippen MR) is 74.0 cm³/mol. The third-order valence-electron chi connectivity index (χ3n) is 3.72. The standard InChI is InChI=1S/C14H24N2O4/c1-10-8-16(9-12(10)14(19)20)13(18)6-4-3-5-7-15-11(2)17/h10,12H,3-9H2,1-2H3,(H,15,17)(H,19,20)/t10-,12-/m1/s1. The number of rotatable bonds is 7. The van der Waals surface area contributed by atoms with E-state index < -0.39 is 11.9 Å². The first-order chi connectivity index (χ1) is 9.41. The Morgan fingerprint density at radius 1 is 1.20 bits per heavy atom. The summed E-state index contributed by atoms with van der Waals surface area (Å²) in [6, 6.07) is 0. The Hall–Kier alpha value is -1.59. The molecule has 0 bridgehead atoms. The van der Waals surface area contributed by atoms with Gasteiger partial charge in [-0.3, -0.25) is 14.4 Å². The van der Waals surface area contributed by atoms with Crippen LogP contribution in [-0.2, 0) is 14.4 Å². The van der Waals surface area contributed by atoms with Crippen LogP contribution in [0.25, 0.3) is 0 Å². The van der Waals surface area contributed by atoms with Crippen molar-refractivity contribution < 1.29 is 19.5 Å². The molecule has 1 heterocycles. The minimum atomic E-state index is -0.817. The van der Waals surface area contributed by atoms with Crippen molar-refractivity contribution in [3.05, 3.63) is 0 Å². The van der Waals surface area contributed by atoms with Gasteiger partial charge in [-0.15, -0.1) is 0 Å². The molecule has 1 aliphatic heterocycles. The minimum absolute atomic E-state index is 0.0243. The minimum Gasteiger partial charge on any atom is -0.481 e. The summed E-state index contributed by atoms with van der Waals surface area (Å²) in [6.45, 7) is 4.88. The van der Waals surface area contributed by atoms with Crippen LogP contribution in [0.3, 0.4) is 0 Å². The van der Waals surface area contributed by atoms with E-state index in [1.54, 1.807) is 4.90 Å². The fourth-order valence-corrected chi connectivity index (χ4v) is 2.49. The molecule has 1 aliphatic rings. The molecule has 6 heteroatoms. The van der Waals surface area contributed by atoms with Crippen molar-refractivity contribution in [3.8, 4) is 0 Å². The van der Waals surface area contributed by atoms with Crippen LogP contribution in [0.15, 0.2) is 0 Å². The number of carboxylic acid groups (broad SMARTS) is 1. The van der Waals surface area contributed by atoms with Gasteiger partial charge >= 0.3 is 5.97 Å². The van der Waals surface area contributed by atoms with Crippen LogP contribution >= 0.6 is 0 Å². The zero-order chi connectivity index (χ0) is 15.1. The average molecular weight is 284 g/mol. The molecule has 1 saturated heterocycles. The summed E-state index contributed by atoms with van der Waals surface area (Å²) in [5.74, 6) is -1.22. The van der Waals surface area contributed by atoms with Crippen molar-refractivity contribution >= 4 is 17.8 Å². The topological polar surface area (TPSA) is 86.7 Å². The highest BCUT2D eigenvalue weighted by Gasteiger charge is 2.36. The highest BCUT2D eigenvalue weighted by Crippen LogP contribution is 2.24. The lowest BCUT2D eigenvalue weighted by Crippen LogP contribution is -2.29. The van der Waals surface area contributed by atoms with Crippen LogP contribution in [0, 0.1) is 11.8 Å². The Morgan fingerprint density at radius 3 is 2.45 bits per heavy atom. The Bertz CT molecular complexity index is 370. The molecule has 0 aromatic carbocycles. The molecule has 20 heavy (non-hydrogen) atoms. The van der Waals surface area contributed by atoms with E-state index in [2.05, 4.69) is 5.32 Å². The molecular formula is C14H24N2O4. The molecule has 0 unspecified atom stereocenters. The lowest BCUT2D eigenvalue weighted by Gasteiger charge is -2.15. The molecule has 2 atom stereocenters. The Balaban J connectivity index is 2.17. The number of hydrogen-bond acceptors (Lipinski definition) is 3. The van der Waals surface area contributed by atoms with E-state index in [4.69, 9.17) is 5.11 Å². The first kappa shape index (κ1) is 16.5. The van der Waals surface area contributed by atoms with Gasteiger partial charge < -0.3 is 15.3 Å². The first-order valence-corrected chi connectivity index (χ1v) is 7.17. The van der Waals surface area contributed by atoms with Gasteiger partial charge in [-0.2, -0.15) is 0 Å². The molecule has 0 saturated carbocycles. The molecule has 114 valence electrons. The third kappa shape index (κ3) is 5.19. The summed E-state index contributed by atoms with van der Waals surface area (Å²) >= 11 is 0. The number of carboxylic acids is 1. The number of likely N-dealkylation sites (tertiary alicyclic amines) is 1. The molecule has 0 aromatic rings. The smallest absolute Gasteiger partial charge is 0.308 e. The monoisotopic (exact) mass is 284 g/mol. The van der Waals surface area contributed by atoms with Crippen molar-refractivity contribution in [1.82, 2.24) is 10.2 Å². The Labute approximate surface area is 119 Å². The van der Waals surface area contributed by atoms with Gasteiger partial charge in [0.2, 0.25) is 11.8 Å². The summed E-state index contributed by atoms with van der Waals surface area (Å²) in [5.41, 5.74) is 0. The van der Waals surface area contributed by atoms with Crippen LogP contribution in [0.1, 0.15) is 39.5 Å². The van der Waals surface area contributed by atoms with Crippen molar-refractivity contribution in [2.45, 2.75) is 39.5 Å². The first-order valence-electron chi connectivity index (χ1n) is 7.17. The summed E-state index contributed by atoms with van der Waals surface area (Å²) in [5, 5.41) is 11.7. The number of carbonyl (C=O) groups is 3. The highest BCUT2D eigenvalue weighted by molar-refractivity contribution is 5.79.